The molecule has 2 heterocycles. The number of aromatic nitrogens is 1. The fourth-order valence-electron chi connectivity index (χ4n) is 4.02. The molecule has 1 aromatic carbocycles. The van der Waals surface area contributed by atoms with Gasteiger partial charge in [0, 0.05) is 29.7 Å². The summed E-state index contributed by atoms with van der Waals surface area (Å²) in [6, 6.07) is 14.2. The summed E-state index contributed by atoms with van der Waals surface area (Å²) in [4.78, 5) is 20.9. The summed E-state index contributed by atoms with van der Waals surface area (Å²) in [5.74, 6) is 1.13. The van der Waals surface area contributed by atoms with E-state index in [0.717, 1.165) is 41.5 Å². The molecule has 26 heavy (non-hydrogen) atoms. The number of pyridine rings is 1. The van der Waals surface area contributed by atoms with Crippen LogP contribution in [0.4, 0.5) is 0 Å². The SMILES string of the molecule is Cc1ccc(C(=O)N2CC3CCC(N)C3C2)c(Sc2ccccc2)n1.Cl. The molecule has 1 aromatic heterocycles. The lowest BCUT2D eigenvalue weighted by atomic mass is 9.98. The molecule has 0 radical (unpaired) electrons. The Bertz CT molecular complexity index is 786. The summed E-state index contributed by atoms with van der Waals surface area (Å²) in [7, 11) is 0. The van der Waals surface area contributed by atoms with Gasteiger partial charge in [-0.15, -0.1) is 12.4 Å². The van der Waals surface area contributed by atoms with Crippen LogP contribution in [0.5, 0.6) is 0 Å². The van der Waals surface area contributed by atoms with E-state index in [4.69, 9.17) is 5.73 Å². The lowest BCUT2D eigenvalue weighted by Crippen LogP contribution is -2.33. The first-order valence-electron chi connectivity index (χ1n) is 8.87. The van der Waals surface area contributed by atoms with Gasteiger partial charge in [-0.2, -0.15) is 0 Å². The number of carbonyl (C=O) groups excluding carboxylic acids is 1. The number of fused-ring (bicyclic) bond motifs is 1. The van der Waals surface area contributed by atoms with Crippen molar-refractivity contribution in [2.45, 2.75) is 35.7 Å². The van der Waals surface area contributed by atoms with Crippen molar-refractivity contribution in [3.8, 4) is 0 Å². The van der Waals surface area contributed by atoms with Crippen molar-refractivity contribution in [1.29, 1.82) is 0 Å². The van der Waals surface area contributed by atoms with Crippen LogP contribution in [-0.4, -0.2) is 34.9 Å². The highest BCUT2D eigenvalue weighted by Crippen LogP contribution is 2.38. The van der Waals surface area contributed by atoms with Crippen LogP contribution in [0.2, 0.25) is 0 Å². The number of rotatable bonds is 3. The highest BCUT2D eigenvalue weighted by atomic mass is 35.5. The molecular weight excluding hydrogens is 366 g/mol. The molecule has 3 atom stereocenters. The molecule has 1 aliphatic carbocycles. The minimum atomic E-state index is 0. The molecule has 1 aliphatic heterocycles. The molecule has 1 amide bonds. The Morgan fingerprint density at radius 3 is 2.65 bits per heavy atom. The lowest BCUT2D eigenvalue weighted by molar-refractivity contribution is 0.0775. The van der Waals surface area contributed by atoms with E-state index in [2.05, 4.69) is 4.98 Å². The van der Waals surface area contributed by atoms with Crippen LogP contribution in [-0.2, 0) is 0 Å². The van der Waals surface area contributed by atoms with Crippen LogP contribution in [0.1, 0.15) is 28.9 Å². The monoisotopic (exact) mass is 389 g/mol. The average molecular weight is 390 g/mol. The standard InChI is InChI=1S/C20H23N3OS.ClH/c1-13-7-9-16(19(22-13)25-15-5-3-2-4-6-15)20(24)23-11-14-8-10-18(21)17(14)12-23;/h2-7,9,14,17-18H,8,10-12,21H2,1H3;1H. The quantitative estimate of drug-likeness (QED) is 0.867. The second-order valence-corrected chi connectivity index (χ2v) is 8.16. The molecular formula is C20H24ClN3OS. The predicted octanol–water partition coefficient (Wildman–Crippen LogP) is 3.77. The first kappa shape index (κ1) is 19.2. The number of likely N-dealkylation sites (tertiary alicyclic amines) is 1. The average Bonchev–Trinajstić information content (AvgIpc) is 3.18. The maximum absolute atomic E-state index is 13.1. The first-order valence-corrected chi connectivity index (χ1v) is 9.69. The molecule has 1 saturated carbocycles. The number of nitrogens with two attached hydrogens (primary N) is 1. The number of carbonyl (C=O) groups is 1. The second kappa shape index (κ2) is 7.99. The number of nitrogens with zero attached hydrogens (tertiary/aromatic N) is 2. The molecule has 6 heteroatoms. The fraction of sp³-hybridized carbons (Fsp3) is 0.400. The van der Waals surface area contributed by atoms with Crippen LogP contribution in [0.25, 0.3) is 0 Å². The Morgan fingerprint density at radius 2 is 1.92 bits per heavy atom. The largest absolute Gasteiger partial charge is 0.338 e. The maximum atomic E-state index is 13.1. The number of hydrogen-bond donors (Lipinski definition) is 1. The predicted molar refractivity (Wildman–Crippen MR) is 107 cm³/mol. The van der Waals surface area contributed by atoms with Gasteiger partial charge >= 0.3 is 0 Å². The van der Waals surface area contributed by atoms with Gasteiger partial charge < -0.3 is 10.6 Å². The summed E-state index contributed by atoms with van der Waals surface area (Å²) in [6.45, 7) is 3.58. The van der Waals surface area contributed by atoms with E-state index in [1.54, 1.807) is 11.8 Å². The van der Waals surface area contributed by atoms with Crippen molar-refractivity contribution in [3.63, 3.8) is 0 Å². The zero-order valence-electron chi connectivity index (χ0n) is 14.8. The summed E-state index contributed by atoms with van der Waals surface area (Å²) in [5, 5.41) is 0.789. The van der Waals surface area contributed by atoms with Crippen LogP contribution < -0.4 is 5.73 Å². The summed E-state index contributed by atoms with van der Waals surface area (Å²) in [5.41, 5.74) is 7.85. The fourth-order valence-corrected chi connectivity index (χ4v) is 4.99. The van der Waals surface area contributed by atoms with E-state index in [-0.39, 0.29) is 24.4 Å². The highest BCUT2D eigenvalue weighted by Gasteiger charge is 2.42. The van der Waals surface area contributed by atoms with Crippen LogP contribution in [0.3, 0.4) is 0 Å². The van der Waals surface area contributed by atoms with Gasteiger partial charge in [0.2, 0.25) is 0 Å². The lowest BCUT2D eigenvalue weighted by Gasteiger charge is -2.20. The minimum absolute atomic E-state index is 0. The van der Waals surface area contributed by atoms with Gasteiger partial charge in [-0.3, -0.25) is 4.79 Å². The first-order chi connectivity index (χ1) is 12.1. The molecule has 2 N–H and O–H groups in total. The third kappa shape index (κ3) is 3.75. The molecule has 2 aliphatic rings. The highest BCUT2D eigenvalue weighted by molar-refractivity contribution is 7.99. The molecule has 2 fully saturated rings. The van der Waals surface area contributed by atoms with Gasteiger partial charge in [-0.1, -0.05) is 30.0 Å². The number of hydrogen-bond acceptors (Lipinski definition) is 4. The van der Waals surface area contributed by atoms with Gasteiger partial charge in [0.25, 0.3) is 5.91 Å². The van der Waals surface area contributed by atoms with Gasteiger partial charge in [0.05, 0.1) is 5.56 Å². The summed E-state index contributed by atoms with van der Waals surface area (Å²) >= 11 is 1.55. The van der Waals surface area contributed by atoms with Crippen molar-refractivity contribution in [3.05, 3.63) is 53.7 Å². The third-order valence-electron chi connectivity index (χ3n) is 5.39. The molecule has 1 saturated heterocycles. The normalized spacial score (nSPS) is 24.2. The van der Waals surface area contributed by atoms with Crippen molar-refractivity contribution in [1.82, 2.24) is 9.88 Å². The van der Waals surface area contributed by atoms with Gasteiger partial charge in [-0.25, -0.2) is 4.98 Å². The zero-order valence-corrected chi connectivity index (χ0v) is 16.4. The Labute approximate surface area is 165 Å². The number of aryl methyl sites for hydroxylation is 1. The number of halogens is 1. The maximum Gasteiger partial charge on any atom is 0.256 e. The Balaban J connectivity index is 0.00000196. The van der Waals surface area contributed by atoms with E-state index in [1.807, 2.05) is 54.3 Å². The number of benzene rings is 1. The van der Waals surface area contributed by atoms with Gasteiger partial charge in [0.1, 0.15) is 5.03 Å². The van der Waals surface area contributed by atoms with E-state index in [9.17, 15) is 4.79 Å². The van der Waals surface area contributed by atoms with E-state index in [1.165, 1.54) is 0 Å². The van der Waals surface area contributed by atoms with E-state index < -0.39 is 0 Å². The van der Waals surface area contributed by atoms with Crippen LogP contribution >= 0.6 is 24.2 Å². The molecule has 2 aromatic rings. The number of amides is 1. The van der Waals surface area contributed by atoms with Crippen molar-refractivity contribution >= 4 is 30.1 Å². The van der Waals surface area contributed by atoms with Crippen molar-refractivity contribution < 1.29 is 4.79 Å². The Kier molecular flexibility index (Phi) is 5.90. The minimum Gasteiger partial charge on any atom is -0.338 e. The summed E-state index contributed by atoms with van der Waals surface area (Å²) < 4.78 is 0. The van der Waals surface area contributed by atoms with Gasteiger partial charge in [-0.05, 0) is 55.9 Å². The Hall–Kier alpha value is -1.56. The summed E-state index contributed by atoms with van der Waals surface area (Å²) in [6.07, 6.45) is 2.24. The molecule has 138 valence electrons. The smallest absolute Gasteiger partial charge is 0.256 e. The molecule has 4 rings (SSSR count). The van der Waals surface area contributed by atoms with E-state index in [0.29, 0.717) is 17.4 Å². The molecule has 3 unspecified atom stereocenters. The molecule has 0 bridgehead atoms. The second-order valence-electron chi connectivity index (χ2n) is 7.10. The Morgan fingerprint density at radius 1 is 1.15 bits per heavy atom. The van der Waals surface area contributed by atoms with Crippen LogP contribution in [0.15, 0.2) is 52.4 Å². The van der Waals surface area contributed by atoms with E-state index >= 15 is 0 Å². The topological polar surface area (TPSA) is 59.2 Å². The zero-order chi connectivity index (χ0) is 17.4. The van der Waals surface area contributed by atoms with Crippen molar-refractivity contribution in [2.24, 2.45) is 17.6 Å². The van der Waals surface area contributed by atoms with Crippen molar-refractivity contribution in [2.75, 3.05) is 13.1 Å². The molecule has 0 spiro atoms. The van der Waals surface area contributed by atoms with Crippen LogP contribution in [0, 0.1) is 18.8 Å². The van der Waals surface area contributed by atoms with Gasteiger partial charge in [0.15, 0.2) is 0 Å². The molecule has 4 nitrogen and oxygen atoms in total. The third-order valence-corrected chi connectivity index (χ3v) is 6.40.